The van der Waals surface area contributed by atoms with Crippen LogP contribution in [0.5, 0.6) is 0 Å². The van der Waals surface area contributed by atoms with E-state index in [0.29, 0.717) is 6.04 Å². The van der Waals surface area contributed by atoms with Crippen LogP contribution in [0.3, 0.4) is 0 Å². The molecule has 0 unspecified atom stereocenters. The molecule has 1 aromatic carbocycles. The lowest BCUT2D eigenvalue weighted by Crippen LogP contribution is -2.13. The van der Waals surface area contributed by atoms with E-state index in [4.69, 9.17) is 5.73 Å². The summed E-state index contributed by atoms with van der Waals surface area (Å²) in [7, 11) is 0. The van der Waals surface area contributed by atoms with E-state index in [1.165, 1.54) is 24.0 Å². The Hall–Kier alpha value is -1.02. The summed E-state index contributed by atoms with van der Waals surface area (Å²) in [4.78, 5) is 0. The summed E-state index contributed by atoms with van der Waals surface area (Å²) < 4.78 is 0. The topological polar surface area (TPSA) is 38.0 Å². The van der Waals surface area contributed by atoms with Gasteiger partial charge in [-0.05, 0) is 49.6 Å². The smallest absolute Gasteiger partial charge is 0.0323 e. The zero-order chi connectivity index (χ0) is 9.26. The zero-order valence-corrected chi connectivity index (χ0v) is 8.01. The highest BCUT2D eigenvalue weighted by Crippen LogP contribution is 2.26. The lowest BCUT2D eigenvalue weighted by molar-refractivity contribution is 0.644. The van der Waals surface area contributed by atoms with Gasteiger partial charge in [-0.2, -0.15) is 0 Å². The number of rotatable bonds is 1. The molecule has 2 heteroatoms. The Morgan fingerprint density at radius 1 is 1.46 bits per heavy atom. The second-order valence-electron chi connectivity index (χ2n) is 3.76. The average molecular weight is 176 g/mol. The second kappa shape index (κ2) is 3.38. The fourth-order valence-corrected chi connectivity index (χ4v) is 2.04. The van der Waals surface area contributed by atoms with E-state index in [9.17, 15) is 0 Å². The molecule has 3 N–H and O–H groups in total. The molecular formula is C11H16N2. The summed E-state index contributed by atoms with van der Waals surface area (Å²) in [6, 6.07) is 6.74. The van der Waals surface area contributed by atoms with Crippen molar-refractivity contribution in [3.05, 3.63) is 29.3 Å². The van der Waals surface area contributed by atoms with Crippen molar-refractivity contribution in [2.75, 3.05) is 12.3 Å². The molecule has 2 rings (SSSR count). The first-order valence-electron chi connectivity index (χ1n) is 4.87. The highest BCUT2D eigenvalue weighted by molar-refractivity contribution is 5.45. The fourth-order valence-electron chi connectivity index (χ4n) is 2.04. The quantitative estimate of drug-likeness (QED) is 0.642. The van der Waals surface area contributed by atoms with Gasteiger partial charge in [0.1, 0.15) is 0 Å². The van der Waals surface area contributed by atoms with Gasteiger partial charge in [0.15, 0.2) is 0 Å². The maximum absolute atomic E-state index is 5.71. The van der Waals surface area contributed by atoms with Gasteiger partial charge in [0, 0.05) is 11.7 Å². The van der Waals surface area contributed by atoms with Crippen molar-refractivity contribution in [2.24, 2.45) is 0 Å². The Balaban J connectivity index is 2.29. The largest absolute Gasteiger partial charge is 0.399 e. The van der Waals surface area contributed by atoms with Crippen molar-refractivity contribution in [3.8, 4) is 0 Å². The molecular weight excluding hydrogens is 160 g/mol. The molecule has 70 valence electrons. The van der Waals surface area contributed by atoms with Gasteiger partial charge >= 0.3 is 0 Å². The van der Waals surface area contributed by atoms with Gasteiger partial charge in [-0.25, -0.2) is 0 Å². The van der Waals surface area contributed by atoms with Crippen molar-refractivity contribution in [1.29, 1.82) is 0 Å². The van der Waals surface area contributed by atoms with Crippen LogP contribution < -0.4 is 11.1 Å². The standard InChI is InChI=1S/C11H16N2/c1-8-7-9(12)4-5-10(8)11-3-2-6-13-11/h4-5,7,11,13H,2-3,6,12H2,1H3/t11-/m0/s1. The molecule has 0 spiro atoms. The van der Waals surface area contributed by atoms with Crippen LogP contribution in [0.25, 0.3) is 0 Å². The number of nitrogen functional groups attached to an aromatic ring is 1. The van der Waals surface area contributed by atoms with E-state index in [2.05, 4.69) is 24.4 Å². The third-order valence-corrected chi connectivity index (χ3v) is 2.73. The molecule has 1 atom stereocenters. The van der Waals surface area contributed by atoms with Crippen LogP contribution in [-0.2, 0) is 0 Å². The van der Waals surface area contributed by atoms with Gasteiger partial charge in [-0.1, -0.05) is 6.07 Å². The number of nitrogens with two attached hydrogens (primary N) is 1. The Morgan fingerprint density at radius 2 is 2.31 bits per heavy atom. The summed E-state index contributed by atoms with van der Waals surface area (Å²) in [6.07, 6.45) is 2.54. The van der Waals surface area contributed by atoms with Gasteiger partial charge < -0.3 is 11.1 Å². The van der Waals surface area contributed by atoms with Crippen LogP contribution in [0.2, 0.25) is 0 Å². The summed E-state index contributed by atoms with van der Waals surface area (Å²) in [5.74, 6) is 0. The number of hydrogen-bond donors (Lipinski definition) is 2. The molecule has 1 aromatic rings. The van der Waals surface area contributed by atoms with Crippen LogP contribution in [0.1, 0.15) is 30.0 Å². The highest BCUT2D eigenvalue weighted by Gasteiger charge is 2.17. The SMILES string of the molecule is Cc1cc(N)ccc1[C@@H]1CCCN1. The molecule has 1 aliphatic heterocycles. The molecule has 1 aliphatic rings. The van der Waals surface area contributed by atoms with Gasteiger partial charge in [0.05, 0.1) is 0 Å². The molecule has 1 fully saturated rings. The first kappa shape index (κ1) is 8.57. The van der Waals surface area contributed by atoms with Gasteiger partial charge in [0.2, 0.25) is 0 Å². The van der Waals surface area contributed by atoms with Crippen molar-refractivity contribution >= 4 is 5.69 Å². The molecule has 0 saturated carbocycles. The lowest BCUT2D eigenvalue weighted by atomic mass is 10.00. The molecule has 0 amide bonds. The van der Waals surface area contributed by atoms with Gasteiger partial charge in [-0.3, -0.25) is 0 Å². The number of aryl methyl sites for hydroxylation is 1. The van der Waals surface area contributed by atoms with Crippen molar-refractivity contribution in [1.82, 2.24) is 5.32 Å². The minimum atomic E-state index is 0.556. The number of anilines is 1. The fraction of sp³-hybridized carbons (Fsp3) is 0.455. The summed E-state index contributed by atoms with van der Waals surface area (Å²) in [5, 5.41) is 3.49. The second-order valence-corrected chi connectivity index (χ2v) is 3.76. The summed E-state index contributed by atoms with van der Waals surface area (Å²) in [6.45, 7) is 3.28. The predicted molar refractivity (Wildman–Crippen MR) is 55.6 cm³/mol. The van der Waals surface area contributed by atoms with E-state index < -0.39 is 0 Å². The van der Waals surface area contributed by atoms with Crippen LogP contribution in [0.15, 0.2) is 18.2 Å². The molecule has 1 heterocycles. The van der Waals surface area contributed by atoms with Gasteiger partial charge in [0.25, 0.3) is 0 Å². The Kier molecular flexibility index (Phi) is 2.23. The van der Waals surface area contributed by atoms with E-state index in [-0.39, 0.29) is 0 Å². The minimum Gasteiger partial charge on any atom is -0.399 e. The number of nitrogens with one attached hydrogen (secondary N) is 1. The number of hydrogen-bond acceptors (Lipinski definition) is 2. The minimum absolute atomic E-state index is 0.556. The molecule has 13 heavy (non-hydrogen) atoms. The first-order valence-corrected chi connectivity index (χ1v) is 4.87. The average Bonchev–Trinajstić information content (AvgIpc) is 2.56. The van der Waals surface area contributed by atoms with E-state index in [1.807, 2.05) is 6.07 Å². The summed E-state index contributed by atoms with van der Waals surface area (Å²) >= 11 is 0. The Bertz CT molecular complexity index is 301. The summed E-state index contributed by atoms with van der Waals surface area (Å²) in [5.41, 5.74) is 9.28. The van der Waals surface area contributed by atoms with Crippen LogP contribution >= 0.6 is 0 Å². The molecule has 0 aromatic heterocycles. The normalized spacial score (nSPS) is 22.1. The highest BCUT2D eigenvalue weighted by atomic mass is 14.9. The lowest BCUT2D eigenvalue weighted by Gasteiger charge is -2.13. The molecule has 2 nitrogen and oxygen atoms in total. The third-order valence-electron chi connectivity index (χ3n) is 2.73. The van der Waals surface area contributed by atoms with E-state index in [1.54, 1.807) is 0 Å². The van der Waals surface area contributed by atoms with Crippen molar-refractivity contribution < 1.29 is 0 Å². The molecule has 1 saturated heterocycles. The first-order chi connectivity index (χ1) is 6.27. The Morgan fingerprint density at radius 3 is 2.92 bits per heavy atom. The monoisotopic (exact) mass is 176 g/mol. The Labute approximate surface area is 79.1 Å². The molecule has 0 aliphatic carbocycles. The number of benzene rings is 1. The molecule has 0 bridgehead atoms. The molecule has 0 radical (unpaired) electrons. The van der Waals surface area contributed by atoms with Crippen LogP contribution in [0.4, 0.5) is 5.69 Å². The van der Waals surface area contributed by atoms with E-state index in [0.717, 1.165) is 12.2 Å². The van der Waals surface area contributed by atoms with Crippen molar-refractivity contribution in [2.45, 2.75) is 25.8 Å². The van der Waals surface area contributed by atoms with Crippen LogP contribution in [0, 0.1) is 6.92 Å². The van der Waals surface area contributed by atoms with E-state index >= 15 is 0 Å². The van der Waals surface area contributed by atoms with Gasteiger partial charge in [-0.15, -0.1) is 0 Å². The zero-order valence-electron chi connectivity index (χ0n) is 8.01. The predicted octanol–water partition coefficient (Wildman–Crippen LogP) is 2.00. The third kappa shape index (κ3) is 1.68. The maximum Gasteiger partial charge on any atom is 0.0323 e. The van der Waals surface area contributed by atoms with Crippen LogP contribution in [-0.4, -0.2) is 6.54 Å². The van der Waals surface area contributed by atoms with Crippen molar-refractivity contribution in [3.63, 3.8) is 0 Å². The maximum atomic E-state index is 5.71.